The number of rotatable bonds is 7. The van der Waals surface area contributed by atoms with Gasteiger partial charge in [0.25, 0.3) is 5.91 Å². The van der Waals surface area contributed by atoms with Crippen molar-refractivity contribution in [2.75, 3.05) is 45.3 Å². The Hall–Kier alpha value is -4.03. The lowest BCUT2D eigenvalue weighted by Crippen LogP contribution is -2.48. The van der Waals surface area contributed by atoms with Crippen molar-refractivity contribution in [1.29, 1.82) is 0 Å². The molecule has 194 valence electrons. The van der Waals surface area contributed by atoms with Crippen molar-refractivity contribution in [2.45, 2.75) is 5.92 Å². The average molecular weight is 528 g/mol. The summed E-state index contributed by atoms with van der Waals surface area (Å²) < 4.78 is 10.7. The Morgan fingerprint density at radius 3 is 1.95 bits per heavy atom. The van der Waals surface area contributed by atoms with Crippen LogP contribution in [0, 0.1) is 0 Å². The standard InChI is InChI=1S/C31H30ClN3O3/c1-37-25-11-7-22(8-12-25)30(23-9-13-26(38-2)14-10-23)28-21-24(15-16-33-28)31(36)35-19-17-34(18-20-35)29-6-4-3-5-27(29)32/h3-16,21,30H,17-20H2,1-2H3. The Balaban J connectivity index is 1.40. The van der Waals surface area contributed by atoms with Crippen LogP contribution >= 0.6 is 11.6 Å². The van der Waals surface area contributed by atoms with Crippen LogP contribution < -0.4 is 14.4 Å². The summed E-state index contributed by atoms with van der Waals surface area (Å²) in [5.74, 6) is 1.43. The highest BCUT2D eigenvalue weighted by atomic mass is 35.5. The van der Waals surface area contributed by atoms with Crippen LogP contribution in [0.1, 0.15) is 33.1 Å². The molecule has 7 heteroatoms. The highest BCUT2D eigenvalue weighted by Crippen LogP contribution is 2.33. The number of piperazine rings is 1. The lowest BCUT2D eigenvalue weighted by atomic mass is 9.87. The molecule has 38 heavy (non-hydrogen) atoms. The molecule has 0 radical (unpaired) electrons. The minimum Gasteiger partial charge on any atom is -0.497 e. The second kappa shape index (κ2) is 11.6. The highest BCUT2D eigenvalue weighted by molar-refractivity contribution is 6.33. The van der Waals surface area contributed by atoms with Crippen LogP contribution in [0.25, 0.3) is 0 Å². The maximum atomic E-state index is 13.5. The van der Waals surface area contributed by atoms with E-state index in [4.69, 9.17) is 26.1 Å². The number of nitrogens with zero attached hydrogens (tertiary/aromatic N) is 3. The van der Waals surface area contributed by atoms with E-state index in [1.165, 1.54) is 0 Å². The molecule has 0 spiro atoms. The molecule has 1 saturated heterocycles. The molecule has 1 aliphatic rings. The van der Waals surface area contributed by atoms with E-state index >= 15 is 0 Å². The van der Waals surface area contributed by atoms with E-state index in [0.717, 1.165) is 52.1 Å². The number of para-hydroxylation sites is 1. The number of ether oxygens (including phenoxy) is 2. The number of hydrogen-bond acceptors (Lipinski definition) is 5. The van der Waals surface area contributed by atoms with Crippen molar-refractivity contribution in [3.63, 3.8) is 0 Å². The van der Waals surface area contributed by atoms with Gasteiger partial charge in [-0.1, -0.05) is 48.0 Å². The van der Waals surface area contributed by atoms with Crippen molar-refractivity contribution in [2.24, 2.45) is 0 Å². The van der Waals surface area contributed by atoms with Gasteiger partial charge in [-0.3, -0.25) is 9.78 Å². The lowest BCUT2D eigenvalue weighted by Gasteiger charge is -2.36. The molecule has 0 aliphatic carbocycles. The van der Waals surface area contributed by atoms with E-state index < -0.39 is 0 Å². The van der Waals surface area contributed by atoms with Gasteiger partial charge in [-0.2, -0.15) is 0 Å². The normalized spacial score (nSPS) is 13.5. The maximum Gasteiger partial charge on any atom is 0.254 e. The van der Waals surface area contributed by atoms with Crippen LogP contribution in [0.3, 0.4) is 0 Å². The van der Waals surface area contributed by atoms with Crippen LogP contribution in [0.5, 0.6) is 11.5 Å². The molecule has 0 saturated carbocycles. The van der Waals surface area contributed by atoms with Crippen molar-refractivity contribution in [3.05, 3.63) is 119 Å². The largest absolute Gasteiger partial charge is 0.497 e. The number of carbonyl (C=O) groups is 1. The minimum absolute atomic E-state index is 0.00988. The van der Waals surface area contributed by atoms with Gasteiger partial charge < -0.3 is 19.3 Å². The molecule has 4 aromatic rings. The van der Waals surface area contributed by atoms with Gasteiger partial charge in [-0.05, 0) is 59.7 Å². The van der Waals surface area contributed by atoms with Gasteiger partial charge in [0.1, 0.15) is 11.5 Å². The lowest BCUT2D eigenvalue weighted by molar-refractivity contribution is 0.0746. The first-order chi connectivity index (χ1) is 18.6. The molecule has 1 fully saturated rings. The van der Waals surface area contributed by atoms with Crippen molar-refractivity contribution in [3.8, 4) is 11.5 Å². The fourth-order valence-electron chi connectivity index (χ4n) is 4.91. The van der Waals surface area contributed by atoms with Gasteiger partial charge in [0, 0.05) is 37.9 Å². The quantitative estimate of drug-likeness (QED) is 0.300. The van der Waals surface area contributed by atoms with Crippen LogP contribution in [-0.2, 0) is 0 Å². The smallest absolute Gasteiger partial charge is 0.254 e. The predicted octanol–water partition coefficient (Wildman–Crippen LogP) is 5.89. The minimum atomic E-state index is -0.156. The van der Waals surface area contributed by atoms with Crippen LogP contribution in [-0.4, -0.2) is 56.2 Å². The summed E-state index contributed by atoms with van der Waals surface area (Å²) in [6.45, 7) is 2.71. The summed E-state index contributed by atoms with van der Waals surface area (Å²) >= 11 is 6.39. The molecule has 1 aliphatic heterocycles. The number of benzene rings is 3. The molecule has 1 amide bonds. The Morgan fingerprint density at radius 1 is 0.816 bits per heavy atom. The van der Waals surface area contributed by atoms with E-state index in [1.807, 2.05) is 83.8 Å². The molecule has 2 heterocycles. The number of anilines is 1. The number of carbonyl (C=O) groups excluding carboxylic acids is 1. The van der Waals surface area contributed by atoms with Gasteiger partial charge in [0.05, 0.1) is 36.5 Å². The van der Waals surface area contributed by atoms with E-state index in [2.05, 4.69) is 4.90 Å². The Labute approximate surface area is 228 Å². The van der Waals surface area contributed by atoms with Gasteiger partial charge in [-0.15, -0.1) is 0 Å². The van der Waals surface area contributed by atoms with E-state index in [9.17, 15) is 4.79 Å². The van der Waals surface area contributed by atoms with Crippen LogP contribution in [0.2, 0.25) is 5.02 Å². The molecular formula is C31H30ClN3O3. The average Bonchev–Trinajstić information content (AvgIpc) is 2.98. The summed E-state index contributed by atoms with van der Waals surface area (Å²) in [6, 6.07) is 27.5. The topological polar surface area (TPSA) is 54.9 Å². The monoisotopic (exact) mass is 527 g/mol. The fraction of sp³-hybridized carbons (Fsp3) is 0.226. The first-order valence-corrected chi connectivity index (χ1v) is 13.0. The third-order valence-electron chi connectivity index (χ3n) is 6.98. The number of pyridine rings is 1. The highest BCUT2D eigenvalue weighted by Gasteiger charge is 2.25. The summed E-state index contributed by atoms with van der Waals surface area (Å²) in [7, 11) is 3.31. The van der Waals surface area contributed by atoms with E-state index in [-0.39, 0.29) is 11.8 Å². The Bertz CT molecular complexity index is 1340. The number of aromatic nitrogens is 1. The molecule has 1 aromatic heterocycles. The van der Waals surface area contributed by atoms with Crippen molar-refractivity contribution < 1.29 is 14.3 Å². The van der Waals surface area contributed by atoms with Gasteiger partial charge in [0.15, 0.2) is 0 Å². The number of hydrogen-bond donors (Lipinski definition) is 0. The fourth-order valence-corrected chi connectivity index (χ4v) is 5.16. The molecule has 0 unspecified atom stereocenters. The molecule has 6 nitrogen and oxygen atoms in total. The third-order valence-corrected chi connectivity index (χ3v) is 7.30. The number of amides is 1. The second-order valence-corrected chi connectivity index (χ2v) is 9.59. The molecule has 0 bridgehead atoms. The van der Waals surface area contributed by atoms with Crippen LogP contribution in [0.4, 0.5) is 5.69 Å². The zero-order valence-corrected chi connectivity index (χ0v) is 22.3. The number of halogens is 1. The third kappa shape index (κ3) is 5.46. The molecule has 0 atom stereocenters. The first kappa shape index (κ1) is 25.6. The summed E-state index contributed by atoms with van der Waals surface area (Å²) in [5.41, 5.74) is 4.56. The molecule has 3 aromatic carbocycles. The van der Waals surface area contributed by atoms with E-state index in [0.29, 0.717) is 18.7 Å². The SMILES string of the molecule is COc1ccc(C(c2ccc(OC)cc2)c2cc(C(=O)N3CCN(c4ccccc4Cl)CC3)ccn2)cc1. The van der Waals surface area contributed by atoms with Gasteiger partial charge >= 0.3 is 0 Å². The second-order valence-electron chi connectivity index (χ2n) is 9.18. The van der Waals surface area contributed by atoms with Gasteiger partial charge in [-0.25, -0.2) is 0 Å². The van der Waals surface area contributed by atoms with Crippen molar-refractivity contribution in [1.82, 2.24) is 9.88 Å². The first-order valence-electron chi connectivity index (χ1n) is 12.6. The number of methoxy groups -OCH3 is 2. The Morgan fingerprint density at radius 2 is 1.39 bits per heavy atom. The summed E-state index contributed by atoms with van der Waals surface area (Å²) in [6.07, 6.45) is 1.72. The maximum absolute atomic E-state index is 13.5. The molecular weight excluding hydrogens is 498 g/mol. The van der Waals surface area contributed by atoms with E-state index in [1.54, 1.807) is 26.5 Å². The predicted molar refractivity (Wildman–Crippen MR) is 151 cm³/mol. The summed E-state index contributed by atoms with van der Waals surface area (Å²) in [4.78, 5) is 22.4. The van der Waals surface area contributed by atoms with Crippen molar-refractivity contribution >= 4 is 23.2 Å². The van der Waals surface area contributed by atoms with Gasteiger partial charge in [0.2, 0.25) is 0 Å². The zero-order chi connectivity index (χ0) is 26.5. The van der Waals surface area contributed by atoms with Crippen LogP contribution in [0.15, 0.2) is 91.1 Å². The summed E-state index contributed by atoms with van der Waals surface area (Å²) in [5, 5.41) is 0.731. The molecule has 0 N–H and O–H groups in total. The molecule has 5 rings (SSSR count). The Kier molecular flexibility index (Phi) is 7.80. The zero-order valence-electron chi connectivity index (χ0n) is 21.5.